The molecule has 1 aliphatic rings. The highest BCUT2D eigenvalue weighted by molar-refractivity contribution is 7.85. The van der Waals surface area contributed by atoms with Gasteiger partial charge in [-0.2, -0.15) is 8.42 Å². The molecule has 2 atom stereocenters. The number of carboxylic acid groups (broad SMARTS) is 1. The van der Waals surface area contributed by atoms with Crippen molar-refractivity contribution >= 4 is 57.5 Å². The molecule has 0 fully saturated rings. The monoisotopic (exact) mass is 726 g/mol. The number of hydrogen-bond acceptors (Lipinski definition) is 11. The van der Waals surface area contributed by atoms with Crippen LogP contribution in [0, 0.1) is 5.92 Å². The zero-order valence-electron chi connectivity index (χ0n) is 27.5. The molecule has 1 aromatic carbocycles. The number of nitrogens with two attached hydrogens (primary N) is 1. The van der Waals surface area contributed by atoms with Crippen LogP contribution in [0.5, 0.6) is 0 Å². The van der Waals surface area contributed by atoms with Crippen molar-refractivity contribution < 1.29 is 61.1 Å². The van der Waals surface area contributed by atoms with Crippen molar-refractivity contribution in [2.75, 3.05) is 37.4 Å². The van der Waals surface area contributed by atoms with Gasteiger partial charge in [-0.15, -0.1) is 0 Å². The summed E-state index contributed by atoms with van der Waals surface area (Å²) in [4.78, 5) is 85.6. The van der Waals surface area contributed by atoms with Crippen molar-refractivity contribution in [2.24, 2.45) is 11.7 Å². The van der Waals surface area contributed by atoms with Gasteiger partial charge >= 0.3 is 12.2 Å². The summed E-state index contributed by atoms with van der Waals surface area (Å²) in [7, 11) is -4.39. The molecule has 7 amide bonds. The fourth-order valence-corrected chi connectivity index (χ4v) is 5.07. The van der Waals surface area contributed by atoms with E-state index < -0.39 is 82.2 Å². The number of rotatable bonds is 21. The number of carbonyl (C=O) groups excluding carboxylic acids is 6. The largest absolute Gasteiger partial charge is 0.506 e. The van der Waals surface area contributed by atoms with Gasteiger partial charge in [-0.1, -0.05) is 19.9 Å². The third-order valence-electron chi connectivity index (χ3n) is 7.15. The van der Waals surface area contributed by atoms with Gasteiger partial charge in [-0.3, -0.25) is 33.4 Å². The molecule has 20 heteroatoms. The first-order chi connectivity index (χ1) is 23.5. The average Bonchev–Trinajstić information content (AvgIpc) is 3.34. The van der Waals surface area contributed by atoms with Gasteiger partial charge in [0.15, 0.2) is 0 Å². The summed E-state index contributed by atoms with van der Waals surface area (Å²) >= 11 is 0. The normalized spacial score (nSPS) is 13.9. The SMILES string of the molecule is CC(C)[C@H](NC(=O)CCOCCN1C(=O)C=CC1=O)C(=O)N[C@@H](CCCNC(N)=O)C(=O)Nc1ccc(COC(=O)O)c(CCS(=O)(=O)O)c1. The number of amides is 7. The van der Waals surface area contributed by atoms with Gasteiger partial charge in [0.05, 0.1) is 25.5 Å². The van der Waals surface area contributed by atoms with E-state index in [1.807, 2.05) is 0 Å². The number of hydrogen-bond donors (Lipinski definition) is 7. The number of primary amides is 1. The second-order valence-electron chi connectivity index (χ2n) is 11.4. The highest BCUT2D eigenvalue weighted by Gasteiger charge is 2.29. The van der Waals surface area contributed by atoms with E-state index in [4.69, 9.17) is 15.6 Å². The summed E-state index contributed by atoms with van der Waals surface area (Å²) in [6.45, 7) is 2.95. The van der Waals surface area contributed by atoms with E-state index in [0.29, 0.717) is 0 Å². The molecule has 0 spiro atoms. The maximum Gasteiger partial charge on any atom is 0.506 e. The molecule has 0 aromatic heterocycles. The van der Waals surface area contributed by atoms with Crippen molar-refractivity contribution in [3.63, 3.8) is 0 Å². The van der Waals surface area contributed by atoms with Crippen molar-refractivity contribution in [3.05, 3.63) is 41.5 Å². The summed E-state index contributed by atoms with van der Waals surface area (Å²) in [6.07, 6.45) is 0.550. The van der Waals surface area contributed by atoms with E-state index >= 15 is 0 Å². The van der Waals surface area contributed by atoms with Crippen LogP contribution in [0.25, 0.3) is 0 Å². The van der Waals surface area contributed by atoms with Crippen LogP contribution in [0.2, 0.25) is 0 Å². The Labute approximate surface area is 288 Å². The van der Waals surface area contributed by atoms with Gasteiger partial charge < -0.3 is 41.6 Å². The zero-order valence-corrected chi connectivity index (χ0v) is 28.3. The number of carbonyl (C=O) groups is 7. The summed E-state index contributed by atoms with van der Waals surface area (Å²) < 4.78 is 41.8. The number of ether oxygens (including phenoxy) is 2. The van der Waals surface area contributed by atoms with Gasteiger partial charge in [-0.25, -0.2) is 9.59 Å². The molecule has 50 heavy (non-hydrogen) atoms. The van der Waals surface area contributed by atoms with E-state index in [1.54, 1.807) is 13.8 Å². The number of aryl methyl sites for hydroxylation is 1. The van der Waals surface area contributed by atoms with Gasteiger partial charge in [0, 0.05) is 30.8 Å². The molecule has 19 nitrogen and oxygen atoms in total. The maximum atomic E-state index is 13.4. The molecular formula is C30H42N6O13S. The van der Waals surface area contributed by atoms with Gasteiger partial charge in [0.2, 0.25) is 17.7 Å². The molecule has 0 radical (unpaired) electrons. The number of nitrogens with zero attached hydrogens (tertiary/aromatic N) is 1. The lowest BCUT2D eigenvalue weighted by atomic mass is 10.0. The first-order valence-corrected chi connectivity index (χ1v) is 17.1. The lowest BCUT2D eigenvalue weighted by molar-refractivity contribution is -0.138. The van der Waals surface area contributed by atoms with Crippen LogP contribution in [0.3, 0.4) is 0 Å². The van der Waals surface area contributed by atoms with E-state index in [-0.39, 0.29) is 68.8 Å². The molecule has 276 valence electrons. The highest BCUT2D eigenvalue weighted by atomic mass is 32.2. The van der Waals surface area contributed by atoms with Crippen LogP contribution in [-0.2, 0) is 56.6 Å². The van der Waals surface area contributed by atoms with Crippen LogP contribution in [0.15, 0.2) is 30.4 Å². The number of urea groups is 1. The van der Waals surface area contributed by atoms with Crippen LogP contribution in [0.4, 0.5) is 15.3 Å². The van der Waals surface area contributed by atoms with Gasteiger partial charge in [0.25, 0.3) is 21.9 Å². The second-order valence-corrected chi connectivity index (χ2v) is 12.9. The Balaban J connectivity index is 2.10. The molecule has 0 bridgehead atoms. The third-order valence-corrected chi connectivity index (χ3v) is 7.87. The molecule has 8 N–H and O–H groups in total. The molecule has 1 aromatic rings. The first kappa shape index (κ1) is 41.1. The Hall–Kier alpha value is -5.08. The average molecular weight is 727 g/mol. The Morgan fingerprint density at radius 3 is 2.26 bits per heavy atom. The van der Waals surface area contributed by atoms with Gasteiger partial charge in [-0.05, 0) is 48.4 Å². The maximum absolute atomic E-state index is 13.4. The Kier molecular flexibility index (Phi) is 16.3. The number of benzene rings is 1. The topological polar surface area (TPSA) is 290 Å². The molecule has 0 unspecified atom stereocenters. The van der Waals surface area contributed by atoms with Crippen LogP contribution >= 0.6 is 0 Å². The minimum atomic E-state index is -4.39. The predicted octanol–water partition coefficient (Wildman–Crippen LogP) is -0.344. The molecule has 1 aliphatic heterocycles. The highest BCUT2D eigenvalue weighted by Crippen LogP contribution is 2.19. The molecule has 0 aliphatic carbocycles. The lowest BCUT2D eigenvalue weighted by Gasteiger charge is -2.25. The zero-order chi connectivity index (χ0) is 37.4. The molecule has 1 heterocycles. The van der Waals surface area contributed by atoms with E-state index in [2.05, 4.69) is 26.0 Å². The molecular weight excluding hydrogens is 684 g/mol. The van der Waals surface area contributed by atoms with Crippen molar-refractivity contribution in [3.8, 4) is 0 Å². The van der Waals surface area contributed by atoms with E-state index in [1.165, 1.54) is 18.2 Å². The van der Waals surface area contributed by atoms with Crippen LogP contribution in [0.1, 0.15) is 44.2 Å². The minimum absolute atomic E-state index is 0.00278. The third kappa shape index (κ3) is 15.0. The fraction of sp³-hybridized carbons (Fsp3) is 0.500. The second kappa shape index (κ2) is 19.8. The van der Waals surface area contributed by atoms with E-state index in [0.717, 1.165) is 17.1 Å². The molecule has 0 saturated carbocycles. The van der Waals surface area contributed by atoms with Crippen LogP contribution < -0.4 is 27.0 Å². The van der Waals surface area contributed by atoms with Crippen molar-refractivity contribution in [1.82, 2.24) is 20.9 Å². The Morgan fingerprint density at radius 2 is 1.66 bits per heavy atom. The van der Waals surface area contributed by atoms with Gasteiger partial charge in [0.1, 0.15) is 18.7 Å². The summed E-state index contributed by atoms with van der Waals surface area (Å²) in [5.41, 5.74) is 5.80. The van der Waals surface area contributed by atoms with Crippen molar-refractivity contribution in [1.29, 1.82) is 0 Å². The van der Waals surface area contributed by atoms with E-state index in [9.17, 15) is 46.5 Å². The summed E-state index contributed by atoms with van der Waals surface area (Å²) in [6, 6.07) is 1.11. The standard InChI is InChI=1S/C30H42N6O13S/c1-18(2)26(35-23(37)9-13-48-14-12-36-24(38)7-8-25(36)39)28(41)34-22(4-3-11-32-29(31)42)27(40)33-21-6-5-20(17-49-30(43)44)19(16-21)10-15-50(45,46)47/h5-8,16,18,22,26H,3-4,9-15,17H2,1-2H3,(H,33,40)(H,34,41)(H,35,37)(H,43,44)(H3,31,32,42)(H,45,46,47)/t22-,26-/m0/s1. The molecule has 0 saturated heterocycles. The molecule has 2 rings (SSSR count). The minimum Gasteiger partial charge on any atom is -0.450 e. The summed E-state index contributed by atoms with van der Waals surface area (Å²) in [5.74, 6) is -3.97. The number of anilines is 1. The predicted molar refractivity (Wildman–Crippen MR) is 175 cm³/mol. The van der Waals surface area contributed by atoms with Crippen LogP contribution in [-0.4, -0.2) is 109 Å². The Morgan fingerprint density at radius 1 is 0.980 bits per heavy atom. The smallest absolute Gasteiger partial charge is 0.450 e. The van der Waals surface area contributed by atoms with Crippen molar-refractivity contribution in [2.45, 2.75) is 58.2 Å². The lowest BCUT2D eigenvalue weighted by Crippen LogP contribution is -2.54. The number of imide groups is 1. The Bertz CT molecular complexity index is 1550. The number of nitrogens with one attached hydrogen (secondary N) is 4. The first-order valence-electron chi connectivity index (χ1n) is 15.4. The fourth-order valence-electron chi connectivity index (χ4n) is 4.59. The quantitative estimate of drug-likeness (QED) is 0.0370. The summed E-state index contributed by atoms with van der Waals surface area (Å²) in [5, 5.41) is 19.1.